The van der Waals surface area contributed by atoms with Gasteiger partial charge in [0, 0.05) is 25.2 Å². The van der Waals surface area contributed by atoms with Crippen molar-refractivity contribution in [2.75, 3.05) is 5.32 Å². The highest BCUT2D eigenvalue weighted by Crippen LogP contribution is 2.29. The molecule has 0 bridgehead atoms. The fourth-order valence-electron chi connectivity index (χ4n) is 2.05. The van der Waals surface area contributed by atoms with Gasteiger partial charge in [-0.05, 0) is 6.92 Å². The second-order valence-corrected chi connectivity index (χ2v) is 5.03. The number of nitrogens with zero attached hydrogens (tertiary/aromatic N) is 2. The summed E-state index contributed by atoms with van der Waals surface area (Å²) in [7, 11) is 0. The first-order valence-electron chi connectivity index (χ1n) is 6.36. The molecule has 1 aromatic rings. The van der Waals surface area contributed by atoms with Gasteiger partial charge in [0.05, 0.1) is 17.7 Å². The Hall–Kier alpha value is -1.91. The van der Waals surface area contributed by atoms with Crippen LogP contribution in [0.25, 0.3) is 0 Å². The van der Waals surface area contributed by atoms with E-state index in [1.54, 1.807) is 6.92 Å². The number of carbonyl (C=O) groups is 1. The van der Waals surface area contributed by atoms with Crippen molar-refractivity contribution >= 4 is 23.2 Å². The summed E-state index contributed by atoms with van der Waals surface area (Å²) in [4.78, 5) is 23.4. The third-order valence-corrected chi connectivity index (χ3v) is 3.59. The van der Waals surface area contributed by atoms with E-state index in [0.29, 0.717) is 0 Å². The van der Waals surface area contributed by atoms with Gasteiger partial charge in [-0.15, -0.1) is 0 Å². The summed E-state index contributed by atoms with van der Waals surface area (Å²) in [6.07, 6.45) is 0.646. The molecule has 1 fully saturated rings. The summed E-state index contributed by atoms with van der Waals surface area (Å²) in [5.74, 6) is -2.05. The number of alkyl halides is 1. The molecule has 1 aliphatic heterocycles. The number of aryl methyl sites for hydroxylation is 1. The Balaban J connectivity index is 2.12. The number of hydrogen-bond donors (Lipinski definition) is 1. The largest absolute Gasteiger partial charge is 0.348 e. The number of amides is 1. The van der Waals surface area contributed by atoms with Gasteiger partial charge in [0.15, 0.2) is 5.82 Å². The monoisotopic (exact) mass is 313 g/mol. The first-order chi connectivity index (χ1) is 9.96. The number of pyridine rings is 1. The highest BCUT2D eigenvalue weighted by molar-refractivity contribution is 6.20. The number of ether oxygens (including phenoxy) is 1. The van der Waals surface area contributed by atoms with Crippen LogP contribution in [0.4, 0.5) is 10.1 Å². The van der Waals surface area contributed by atoms with Crippen molar-refractivity contribution in [3.8, 4) is 6.07 Å². The molecule has 0 aromatic carbocycles. The number of anilines is 1. The Labute approximate surface area is 125 Å². The molecular formula is C13H13ClFN3O3. The van der Waals surface area contributed by atoms with Gasteiger partial charge >= 0.3 is 0 Å². The van der Waals surface area contributed by atoms with Crippen LogP contribution in [0.1, 0.15) is 13.3 Å². The molecule has 1 saturated heterocycles. The van der Waals surface area contributed by atoms with Gasteiger partial charge in [-0.25, -0.2) is 4.39 Å². The Kier molecular flexibility index (Phi) is 4.60. The molecular weight excluding hydrogens is 301 g/mol. The average Bonchev–Trinajstić information content (AvgIpc) is 2.83. The quantitative estimate of drug-likeness (QED) is 0.856. The molecule has 0 radical (unpaired) electrons. The van der Waals surface area contributed by atoms with Crippen LogP contribution >= 0.6 is 11.6 Å². The van der Waals surface area contributed by atoms with Gasteiger partial charge in [-0.1, -0.05) is 11.6 Å². The first kappa shape index (κ1) is 15.5. The third-order valence-electron chi connectivity index (χ3n) is 3.19. The van der Waals surface area contributed by atoms with E-state index in [1.807, 2.05) is 6.07 Å². The van der Waals surface area contributed by atoms with E-state index in [4.69, 9.17) is 21.6 Å². The summed E-state index contributed by atoms with van der Waals surface area (Å²) in [6.45, 7) is 1.96. The number of nitrogens with one attached hydrogen (secondary N) is 1. The van der Waals surface area contributed by atoms with Crippen molar-refractivity contribution in [3.63, 3.8) is 0 Å². The molecule has 2 heterocycles. The van der Waals surface area contributed by atoms with Crippen LogP contribution in [0.5, 0.6) is 0 Å². The van der Waals surface area contributed by atoms with Crippen LogP contribution in [-0.4, -0.2) is 22.1 Å². The van der Waals surface area contributed by atoms with E-state index in [0.717, 1.165) is 10.6 Å². The highest BCUT2D eigenvalue weighted by atomic mass is 35.5. The summed E-state index contributed by atoms with van der Waals surface area (Å²) in [6, 6.07) is 2.90. The lowest BCUT2D eigenvalue weighted by Gasteiger charge is -2.12. The maximum Gasteiger partial charge on any atom is 0.286 e. The second kappa shape index (κ2) is 6.24. The van der Waals surface area contributed by atoms with Crippen LogP contribution in [0.15, 0.2) is 17.1 Å². The molecule has 21 heavy (non-hydrogen) atoms. The van der Waals surface area contributed by atoms with Gasteiger partial charge in [0.2, 0.25) is 0 Å². The zero-order valence-electron chi connectivity index (χ0n) is 11.2. The van der Waals surface area contributed by atoms with Gasteiger partial charge in [0.1, 0.15) is 11.7 Å². The van der Waals surface area contributed by atoms with E-state index in [-0.39, 0.29) is 18.7 Å². The zero-order chi connectivity index (χ0) is 15.6. The normalized spacial score (nSPS) is 24.6. The Morgan fingerprint density at radius 1 is 1.71 bits per heavy atom. The van der Waals surface area contributed by atoms with Crippen LogP contribution in [0.3, 0.4) is 0 Å². The molecule has 3 unspecified atom stereocenters. The van der Waals surface area contributed by atoms with Crippen molar-refractivity contribution < 1.29 is 13.9 Å². The zero-order valence-corrected chi connectivity index (χ0v) is 11.9. The average molecular weight is 314 g/mol. The lowest BCUT2D eigenvalue weighted by molar-refractivity contribution is -0.125. The minimum atomic E-state index is -0.952. The molecule has 1 N–H and O–H groups in total. The number of rotatable bonds is 3. The van der Waals surface area contributed by atoms with E-state index in [1.165, 1.54) is 6.20 Å². The summed E-state index contributed by atoms with van der Waals surface area (Å²) in [5, 5.41) is 11.3. The van der Waals surface area contributed by atoms with E-state index < -0.39 is 34.9 Å². The number of nitriles is 1. The van der Waals surface area contributed by atoms with Crippen LogP contribution in [-0.2, 0) is 16.1 Å². The Bertz CT molecular complexity index is 655. The topological polar surface area (TPSA) is 84.1 Å². The van der Waals surface area contributed by atoms with Gasteiger partial charge < -0.3 is 14.6 Å². The van der Waals surface area contributed by atoms with Gasteiger partial charge in [0.25, 0.3) is 11.5 Å². The number of aromatic nitrogens is 1. The Morgan fingerprint density at radius 2 is 2.43 bits per heavy atom. The molecule has 0 aliphatic carbocycles. The van der Waals surface area contributed by atoms with E-state index in [9.17, 15) is 14.0 Å². The number of hydrogen-bond acceptors (Lipinski definition) is 4. The lowest BCUT2D eigenvalue weighted by Crippen LogP contribution is -2.29. The molecule has 112 valence electrons. The summed E-state index contributed by atoms with van der Waals surface area (Å²) >= 11 is 5.78. The summed E-state index contributed by atoms with van der Waals surface area (Å²) < 4.78 is 19.8. The predicted octanol–water partition coefficient (Wildman–Crippen LogP) is 1.44. The maximum absolute atomic E-state index is 13.5. The molecule has 8 heteroatoms. The van der Waals surface area contributed by atoms with E-state index in [2.05, 4.69) is 5.32 Å². The second-order valence-electron chi connectivity index (χ2n) is 4.60. The minimum Gasteiger partial charge on any atom is -0.348 e. The molecule has 1 aromatic heterocycles. The van der Waals surface area contributed by atoms with Crippen molar-refractivity contribution in [1.29, 1.82) is 5.26 Å². The molecule has 1 amide bonds. The highest BCUT2D eigenvalue weighted by Gasteiger charge is 2.38. The molecule has 0 saturated carbocycles. The predicted molar refractivity (Wildman–Crippen MR) is 73.2 cm³/mol. The van der Waals surface area contributed by atoms with Crippen molar-refractivity contribution in [3.05, 3.63) is 28.4 Å². The van der Waals surface area contributed by atoms with Gasteiger partial charge in [-0.3, -0.25) is 9.59 Å². The van der Waals surface area contributed by atoms with Crippen LogP contribution in [0.2, 0.25) is 0 Å². The first-order valence-corrected chi connectivity index (χ1v) is 6.80. The summed E-state index contributed by atoms with van der Waals surface area (Å²) in [5.41, 5.74) is -1.45. The van der Waals surface area contributed by atoms with Crippen molar-refractivity contribution in [2.45, 2.75) is 31.6 Å². The van der Waals surface area contributed by atoms with Gasteiger partial charge in [-0.2, -0.15) is 5.26 Å². The standard InChI is InChI=1S/C13H13ClFN3O3/c1-2-18-6-8(4-9(15)13(18)20)17-12(19)10-3-7(5-16)11(14)21-10/h4,6-7,10-11H,2-3H2,1H3,(H,17,19). The smallest absolute Gasteiger partial charge is 0.286 e. The van der Waals surface area contributed by atoms with Crippen LogP contribution in [0, 0.1) is 23.1 Å². The minimum absolute atomic E-state index is 0.147. The molecule has 2 rings (SSSR count). The Morgan fingerprint density at radius 3 is 3.00 bits per heavy atom. The maximum atomic E-state index is 13.5. The fraction of sp³-hybridized carbons (Fsp3) is 0.462. The molecule has 3 atom stereocenters. The number of carbonyl (C=O) groups excluding carboxylic acids is 1. The fourth-order valence-corrected chi connectivity index (χ4v) is 2.33. The third kappa shape index (κ3) is 3.23. The van der Waals surface area contributed by atoms with Crippen molar-refractivity contribution in [1.82, 2.24) is 4.57 Å². The molecule has 0 spiro atoms. The molecule has 6 nitrogen and oxygen atoms in total. The lowest BCUT2D eigenvalue weighted by atomic mass is 10.1. The van der Waals surface area contributed by atoms with Crippen molar-refractivity contribution in [2.24, 2.45) is 5.92 Å². The SMILES string of the molecule is CCn1cc(NC(=O)C2CC(C#N)C(Cl)O2)cc(F)c1=O. The number of halogens is 2. The van der Waals surface area contributed by atoms with Crippen LogP contribution < -0.4 is 10.9 Å². The van der Waals surface area contributed by atoms with E-state index >= 15 is 0 Å². The molecule has 1 aliphatic rings.